The molecule has 6 aliphatic rings. The fourth-order valence-corrected chi connectivity index (χ4v) is 12.1. The van der Waals surface area contributed by atoms with E-state index in [9.17, 15) is 28.8 Å². The number of cyclic esters (lactones) is 6. The molecule has 6 aliphatic heterocycles. The van der Waals surface area contributed by atoms with E-state index in [-0.39, 0.29) is 87.9 Å². The zero-order valence-electron chi connectivity index (χ0n) is 131. The topological polar surface area (TPSA) is 344 Å². The number of hydrogen-bond acceptors (Lipinski definition) is 18. The number of aromatic amines is 6. The SMILES string of the molecule is [2H]c1[nH]c2ccc(C([2H])([2H])[C@@]3([2H])COC(=O)N3)cc2c1CCN(C([2H])([2H])[2H])C([2H])([2H])[2H].[2H]c1[nH]c2ccc(C([2H])([2H])[C@@]3([2H])COC(=O)N3)cc2c1CCN(C)C.[2H]c1[nH]c2ccc(C([2H])([2H])[C@@]3([2H])COC(=O)N3)cc2c1CCN(C)C([2H])([2H])[2H].[2H]c1c(C([2H])([2H])[C@H]2COC(=O)N2[2H])c([2H])c2c(C([2H])([2H])C([2H])([2H])N(C([2H])([2H])[2H])C([2H])([2H])[2H])cn([2H])c2c1[2H].[2H]c1c(C([2H])([2H])[C@H]2COC(=O)N2[2H])c([2H])c2c(C([2H])([2H])C([2H])([2H])N(C)C([2H])([2H])[2H])cn([2H])c2c1[2H].[2H]c1c(C([2H])([2H])[C@H]2COC(=O)N2[2H])c([2H])c2c(C([2H])([2H])C([2H])([2H])N(C)C)cn([2H])c2c1[2H]. The van der Waals surface area contributed by atoms with Gasteiger partial charge in [0.1, 0.15) is 39.6 Å². The molecule has 6 amide bonds. The fourth-order valence-electron chi connectivity index (χ4n) is 12.1. The molecule has 126 heavy (non-hydrogen) atoms. The largest absolute Gasteiger partial charge is 0.447 e. The highest BCUT2D eigenvalue weighted by molar-refractivity contribution is 5.88. The molecule has 18 rings (SSSR count). The standard InChI is InChI=1S/6C16H21N3O2/c6*1-19(2)6-5-12-9-17-15-4-3-11(8-14(12)15)7-13-10-21-16(20)18-13/h6*3-4,8-9,13,17H,5-7,10H2,1-2H3,(H,18,20)/t6*13-/m000000/s1/i1D3,2D3,3D,4D,5D2,6D2,7D2,8D;1D3,3D,4D,5D2,6D2,7D2,8D;3D,4D,5D2,6D2,7D2,8D;1D3,2D3,7D2,9D,13D;1D3,7D2,9D,13D;7D2,9D,13D/hD6. The molecule has 6 saturated heterocycles. The van der Waals surface area contributed by atoms with E-state index in [4.69, 9.17) is 101 Å². The fraction of sp³-hybridized carbons (Fsp3) is 0.438. The lowest BCUT2D eigenvalue weighted by atomic mass is 10.0. The Morgan fingerprint density at radius 3 is 0.968 bits per heavy atom. The molecule has 0 radical (unpaired) electrons. The van der Waals surface area contributed by atoms with Crippen molar-refractivity contribution in [2.24, 2.45) is 0 Å². The highest BCUT2D eigenvalue weighted by atomic mass is 16.6. The zero-order valence-corrected chi connectivity index (χ0v) is 67.9. The Morgan fingerprint density at radius 2 is 0.667 bits per heavy atom. The number of aromatic nitrogens is 6. The molecular weight excluding hydrogens is 1600 g/mol. The minimum Gasteiger partial charge on any atom is -0.447 e. The second-order valence-electron chi connectivity index (χ2n) is 28.0. The number of ether oxygens (including phenoxy) is 6. The first-order valence-electron chi connectivity index (χ1n) is 69.2. The number of carbonyl (C=O) groups is 6. The minimum atomic E-state index is -3.85. The molecule has 0 saturated carbocycles. The maximum Gasteiger partial charge on any atom is 0.407 e. The maximum absolute atomic E-state index is 11.6. The monoisotopic (exact) mass is 1790 g/mol. The van der Waals surface area contributed by atoms with Crippen LogP contribution >= 0.6 is 0 Å². The van der Waals surface area contributed by atoms with Gasteiger partial charge in [-0.1, -0.05) is 36.3 Å². The molecule has 12 heterocycles. The van der Waals surface area contributed by atoms with Gasteiger partial charge in [0, 0.05) is 199 Å². The van der Waals surface area contributed by atoms with Crippen LogP contribution in [0.1, 0.15) is 145 Å². The molecule has 6 aromatic carbocycles. The molecule has 6 fully saturated rings. The number of alkyl carbamates (subject to hydrolysis) is 6. The summed E-state index contributed by atoms with van der Waals surface area (Å²) in [6.45, 7) is -30.6. The van der Waals surface area contributed by atoms with Gasteiger partial charge in [-0.05, 0) is 300 Å². The summed E-state index contributed by atoms with van der Waals surface area (Å²) in [5.41, 5.74) is -1.96. The van der Waals surface area contributed by atoms with Crippen molar-refractivity contribution in [3.63, 3.8) is 0 Å². The van der Waals surface area contributed by atoms with E-state index in [0.29, 0.717) is 71.6 Å². The minimum absolute atomic E-state index is 0.0459. The molecule has 0 aliphatic carbocycles. The Balaban J connectivity index is 0.000000184. The van der Waals surface area contributed by atoms with Crippen molar-refractivity contribution >= 4 is 102 Å². The highest BCUT2D eigenvalue weighted by Gasteiger charge is 2.29. The molecule has 30 nitrogen and oxygen atoms in total. The predicted molar refractivity (Wildman–Crippen MR) is 495 cm³/mol. The predicted octanol–water partition coefficient (Wildman–Crippen LogP) is 11.5. The summed E-state index contributed by atoms with van der Waals surface area (Å²) < 4.78 is 537. The average Bonchev–Trinajstić information content (AvgIpc) is 1.56. The number of fused-ring (bicyclic) bond motifs is 6. The number of H-pyrrole nitrogens is 6. The molecule has 6 atom stereocenters. The second kappa shape index (κ2) is 43.7. The van der Waals surface area contributed by atoms with Crippen LogP contribution in [0.15, 0.2) is 146 Å². The maximum atomic E-state index is 11.6. The quantitative estimate of drug-likeness (QED) is 0.0186. The number of amides is 6. The van der Waals surface area contributed by atoms with Crippen molar-refractivity contribution in [1.29, 1.82) is 0 Å². The molecule has 30 heteroatoms. The van der Waals surface area contributed by atoms with Crippen LogP contribution in [-0.2, 0) is 105 Å². The van der Waals surface area contributed by atoms with E-state index >= 15 is 0 Å². The molecule has 12 N–H and O–H groups in total. The van der Waals surface area contributed by atoms with Gasteiger partial charge in [0.05, 0.1) is 56.7 Å². The van der Waals surface area contributed by atoms with Gasteiger partial charge in [-0.3, -0.25) is 0 Å². The van der Waals surface area contributed by atoms with Crippen LogP contribution < -0.4 is 31.9 Å². The van der Waals surface area contributed by atoms with Crippen molar-refractivity contribution < 1.29 is 144 Å². The molecule has 672 valence electrons. The van der Waals surface area contributed by atoms with Crippen molar-refractivity contribution in [3.05, 3.63) is 213 Å². The first-order chi connectivity index (χ1) is 85.7. The Labute approximate surface area is 825 Å². The molecule has 12 aromatic rings. The van der Waals surface area contributed by atoms with E-state index in [1.54, 1.807) is 24.3 Å². The highest BCUT2D eigenvalue weighted by Crippen LogP contribution is 2.29. The van der Waals surface area contributed by atoms with Gasteiger partial charge in [-0.2, -0.15) is 0 Å². The average molecular weight is 1790 g/mol. The van der Waals surface area contributed by atoms with Gasteiger partial charge in [0.2, 0.25) is 0 Å². The van der Waals surface area contributed by atoms with Crippen LogP contribution in [0.25, 0.3) is 65.4 Å². The van der Waals surface area contributed by atoms with Gasteiger partial charge < -0.3 is 120 Å². The Morgan fingerprint density at radius 1 is 0.349 bits per heavy atom. The Kier molecular flexibility index (Phi) is 14.1. The summed E-state index contributed by atoms with van der Waals surface area (Å²) in [6, 6.07) is -4.31. The second-order valence-corrected chi connectivity index (χ2v) is 28.0. The Hall–Kier alpha value is -12.1. The van der Waals surface area contributed by atoms with Gasteiger partial charge in [-0.15, -0.1) is 0 Å². The summed E-state index contributed by atoms with van der Waals surface area (Å²) in [7, 11) is 8.82. The molecule has 6 aromatic heterocycles. The first kappa shape index (κ1) is 40.7. The lowest BCUT2D eigenvalue weighted by Crippen LogP contribution is -2.28. The van der Waals surface area contributed by atoms with Crippen molar-refractivity contribution in [2.45, 2.75) is 113 Å². The van der Waals surface area contributed by atoms with Gasteiger partial charge in [-0.25, -0.2) is 28.8 Å². The van der Waals surface area contributed by atoms with Crippen LogP contribution in [0, 0.1) is 0 Å². The number of aryl methyl sites for hydroxylation is 3. The summed E-state index contributed by atoms with van der Waals surface area (Å²) in [5.74, 6) is 0. The van der Waals surface area contributed by atoms with E-state index in [2.05, 4.69) is 45.1 Å². The van der Waals surface area contributed by atoms with Crippen LogP contribution in [0.5, 0.6) is 0 Å². The number of nitrogens with zero attached hydrogens (tertiary/aromatic N) is 6. The van der Waals surface area contributed by atoms with Crippen LogP contribution in [0.3, 0.4) is 0 Å². The lowest BCUT2D eigenvalue weighted by Gasteiger charge is -2.09. The number of carbonyl (C=O) groups excluding carboxylic acids is 6. The zero-order chi connectivity index (χ0) is 144. The van der Waals surface area contributed by atoms with Crippen molar-refractivity contribution in [1.82, 2.24) is 91.2 Å². The number of benzene rings is 6. The number of hydrogen-bond donors (Lipinski definition) is 12. The lowest BCUT2D eigenvalue weighted by molar-refractivity contribution is 0.176. The Bertz CT molecular complexity index is 8840. The third-order valence-corrected chi connectivity index (χ3v) is 17.9. The van der Waals surface area contributed by atoms with Gasteiger partial charge >= 0.3 is 36.6 Å². The molecule has 0 spiro atoms. The van der Waals surface area contributed by atoms with E-state index in [1.807, 2.05) is 19.0 Å². The van der Waals surface area contributed by atoms with E-state index in [0.717, 1.165) is 47.4 Å². The van der Waals surface area contributed by atoms with Crippen molar-refractivity contribution in [2.75, 3.05) is 163 Å². The third-order valence-electron chi connectivity index (χ3n) is 17.9. The summed E-state index contributed by atoms with van der Waals surface area (Å²) >= 11 is 0. The summed E-state index contributed by atoms with van der Waals surface area (Å²) in [5, 5.41) is 7.22. The van der Waals surface area contributed by atoms with E-state index in [1.165, 1.54) is 56.4 Å². The molecular formula is C96H126N18O12. The van der Waals surface area contributed by atoms with Crippen LogP contribution in [0.4, 0.5) is 28.8 Å². The van der Waals surface area contributed by atoms with Gasteiger partial charge in [0.25, 0.3) is 0 Å². The number of nitrogens with one attached hydrogen (secondary N) is 12. The normalized spacial score (nSPS) is 29.5. The van der Waals surface area contributed by atoms with Gasteiger partial charge in [0.15, 0.2) is 8.47 Å². The van der Waals surface area contributed by atoms with Crippen LogP contribution in [0.2, 0.25) is 8.47 Å². The smallest absolute Gasteiger partial charge is 0.407 e. The molecule has 0 unspecified atom stereocenters. The summed E-state index contributed by atoms with van der Waals surface area (Å²) in [4.78, 5) is 82.9. The number of likely N-dealkylation sites (N-methyl/N-ethyl adjacent to an activating group) is 6. The summed E-state index contributed by atoms with van der Waals surface area (Å²) in [6.07, 6.45) is -27.4. The number of rotatable bonds is 30. The molecule has 0 bridgehead atoms. The first-order valence-corrected chi connectivity index (χ1v) is 38.0. The van der Waals surface area contributed by atoms with E-state index < -0.39 is 344 Å². The third kappa shape index (κ3) is 26.5. The van der Waals surface area contributed by atoms with Crippen molar-refractivity contribution in [3.8, 4) is 0 Å². The van der Waals surface area contributed by atoms with Crippen LogP contribution in [-0.4, -0.2) is 295 Å².